The zero-order valence-corrected chi connectivity index (χ0v) is 19.8. The van der Waals surface area contributed by atoms with Crippen molar-refractivity contribution in [3.05, 3.63) is 59.2 Å². The van der Waals surface area contributed by atoms with Crippen molar-refractivity contribution >= 4 is 0 Å². The average molecular weight is 378 g/mol. The van der Waals surface area contributed by atoms with Crippen molar-refractivity contribution in [2.24, 2.45) is 0 Å². The van der Waals surface area contributed by atoms with Gasteiger partial charge >= 0.3 is 0 Å². The molecule has 0 heterocycles. The van der Waals surface area contributed by atoms with E-state index in [0.29, 0.717) is 0 Å². The smallest absolute Gasteiger partial charge is 0.0104 e. The molecule has 0 nitrogen and oxygen atoms in total. The lowest BCUT2D eigenvalue weighted by atomic mass is 9.76. The molecule has 0 bridgehead atoms. The topological polar surface area (TPSA) is 0 Å². The Morgan fingerprint density at radius 1 is 0.750 bits per heavy atom. The van der Waals surface area contributed by atoms with Gasteiger partial charge in [0.25, 0.3) is 0 Å². The highest BCUT2D eigenvalue weighted by Crippen LogP contribution is 2.37. The van der Waals surface area contributed by atoms with Gasteiger partial charge in [0.1, 0.15) is 0 Å². The lowest BCUT2D eigenvalue weighted by Gasteiger charge is -2.28. The van der Waals surface area contributed by atoms with Gasteiger partial charge in [-0.2, -0.15) is 0 Å². The lowest BCUT2D eigenvalue weighted by Crippen LogP contribution is -2.17. The summed E-state index contributed by atoms with van der Waals surface area (Å²) in [7, 11) is 0. The van der Waals surface area contributed by atoms with Crippen LogP contribution in [-0.2, 0) is 16.2 Å². The van der Waals surface area contributed by atoms with Crippen LogP contribution in [0.4, 0.5) is 0 Å². The maximum atomic E-state index is 3.63. The maximum absolute atomic E-state index is 3.63. The van der Waals surface area contributed by atoms with Gasteiger partial charge in [-0.25, -0.2) is 0 Å². The quantitative estimate of drug-likeness (QED) is 0.442. The van der Waals surface area contributed by atoms with E-state index in [1.54, 1.807) is 0 Å². The van der Waals surface area contributed by atoms with E-state index in [4.69, 9.17) is 0 Å². The minimum atomic E-state index is 0.0733. The van der Waals surface area contributed by atoms with Gasteiger partial charge in [-0.3, -0.25) is 0 Å². The predicted octanol–water partition coefficient (Wildman–Crippen LogP) is 8.61. The van der Waals surface area contributed by atoms with Crippen LogP contribution in [-0.4, -0.2) is 0 Å². The summed E-state index contributed by atoms with van der Waals surface area (Å²) in [5, 5.41) is 0. The molecule has 0 unspecified atom stereocenters. The lowest BCUT2D eigenvalue weighted by molar-refractivity contribution is 0.450. The van der Waals surface area contributed by atoms with E-state index in [2.05, 4.69) is 105 Å². The summed E-state index contributed by atoms with van der Waals surface area (Å²) in [6.07, 6.45) is 5.17. The SMILES string of the molecule is CCCCCC(C)(C)c1ccc(-c2cc(C(C)(C)C)c[c]c2C(C)(C)C)cc1. The third kappa shape index (κ3) is 5.49. The van der Waals surface area contributed by atoms with Crippen LogP contribution in [0.1, 0.15) is 105 Å². The first-order chi connectivity index (χ1) is 12.9. The zero-order chi connectivity index (χ0) is 21.2. The first-order valence-electron chi connectivity index (χ1n) is 11.0. The predicted molar refractivity (Wildman–Crippen MR) is 125 cm³/mol. The van der Waals surface area contributed by atoms with E-state index in [-0.39, 0.29) is 16.2 Å². The molecule has 0 N–H and O–H groups in total. The molecule has 0 atom stereocenters. The summed E-state index contributed by atoms with van der Waals surface area (Å²) in [5.41, 5.74) is 7.17. The van der Waals surface area contributed by atoms with Crippen LogP contribution in [0.2, 0.25) is 0 Å². The fraction of sp³-hybridized carbons (Fsp3) is 0.571. The van der Waals surface area contributed by atoms with E-state index in [9.17, 15) is 0 Å². The summed E-state index contributed by atoms with van der Waals surface area (Å²) in [6.45, 7) is 20.7. The second-order valence-electron chi connectivity index (χ2n) is 11.1. The standard InChI is InChI=1S/C28H41/c1-10-11-12-19-28(8,9)22-15-13-21(14-16-22)24-20-23(26(2,3)4)17-18-25(24)27(5,6)7/h13-17,20H,10-12,19H2,1-9H3. The molecule has 0 aliphatic heterocycles. The molecule has 28 heavy (non-hydrogen) atoms. The molecule has 0 fully saturated rings. The largest absolute Gasteiger partial charge is 0.0654 e. The van der Waals surface area contributed by atoms with E-state index >= 15 is 0 Å². The van der Waals surface area contributed by atoms with E-state index in [1.807, 2.05) is 0 Å². The van der Waals surface area contributed by atoms with Crippen molar-refractivity contribution in [3.8, 4) is 11.1 Å². The molecule has 0 aliphatic rings. The Balaban J connectivity index is 2.44. The molecule has 1 radical (unpaired) electrons. The van der Waals surface area contributed by atoms with Gasteiger partial charge in [0.05, 0.1) is 0 Å². The fourth-order valence-corrected chi connectivity index (χ4v) is 3.84. The van der Waals surface area contributed by atoms with Gasteiger partial charge in [0, 0.05) is 0 Å². The highest BCUT2D eigenvalue weighted by molar-refractivity contribution is 5.70. The molecule has 2 rings (SSSR count). The van der Waals surface area contributed by atoms with Crippen LogP contribution in [0.3, 0.4) is 0 Å². The third-order valence-corrected chi connectivity index (χ3v) is 5.94. The summed E-state index contributed by atoms with van der Waals surface area (Å²) in [5.74, 6) is 0. The van der Waals surface area contributed by atoms with Crippen LogP contribution in [0.25, 0.3) is 11.1 Å². The first-order valence-corrected chi connectivity index (χ1v) is 11.0. The molecular formula is C28H41. The number of hydrogen-bond acceptors (Lipinski definition) is 0. The van der Waals surface area contributed by atoms with E-state index in [0.717, 1.165) is 0 Å². The molecule has 2 aromatic carbocycles. The highest BCUT2D eigenvalue weighted by atomic mass is 14.3. The Hall–Kier alpha value is -1.56. The Kier molecular flexibility index (Phi) is 6.85. The van der Waals surface area contributed by atoms with Gasteiger partial charge in [-0.15, -0.1) is 0 Å². The monoisotopic (exact) mass is 377 g/mol. The molecule has 0 spiro atoms. The first kappa shape index (κ1) is 22.7. The Bertz CT molecular complexity index is 761. The number of hydrogen-bond donors (Lipinski definition) is 0. The summed E-state index contributed by atoms with van der Waals surface area (Å²) >= 11 is 0. The third-order valence-electron chi connectivity index (χ3n) is 5.94. The van der Waals surface area contributed by atoms with Crippen molar-refractivity contribution in [1.29, 1.82) is 0 Å². The van der Waals surface area contributed by atoms with E-state index < -0.39 is 0 Å². The summed E-state index contributed by atoms with van der Waals surface area (Å²) in [6, 6.07) is 17.5. The Morgan fingerprint density at radius 2 is 1.36 bits per heavy atom. The summed E-state index contributed by atoms with van der Waals surface area (Å²) < 4.78 is 0. The van der Waals surface area contributed by atoms with Gasteiger partial charge < -0.3 is 0 Å². The van der Waals surface area contributed by atoms with Crippen LogP contribution >= 0.6 is 0 Å². The fourth-order valence-electron chi connectivity index (χ4n) is 3.84. The minimum absolute atomic E-state index is 0.0733. The van der Waals surface area contributed by atoms with Crippen molar-refractivity contribution in [2.75, 3.05) is 0 Å². The van der Waals surface area contributed by atoms with Crippen LogP contribution in [0, 0.1) is 6.07 Å². The molecular weight excluding hydrogens is 336 g/mol. The molecule has 0 heteroatoms. The number of rotatable bonds is 6. The van der Waals surface area contributed by atoms with Crippen molar-refractivity contribution in [1.82, 2.24) is 0 Å². The van der Waals surface area contributed by atoms with Crippen LogP contribution in [0.5, 0.6) is 0 Å². The van der Waals surface area contributed by atoms with Gasteiger partial charge in [0.15, 0.2) is 0 Å². The number of unbranched alkanes of at least 4 members (excludes halogenated alkanes) is 2. The van der Waals surface area contributed by atoms with Crippen molar-refractivity contribution in [2.45, 2.75) is 104 Å². The zero-order valence-electron chi connectivity index (χ0n) is 19.8. The van der Waals surface area contributed by atoms with Crippen LogP contribution in [0.15, 0.2) is 36.4 Å². The second kappa shape index (κ2) is 8.44. The molecule has 0 amide bonds. The highest BCUT2D eigenvalue weighted by Gasteiger charge is 2.24. The van der Waals surface area contributed by atoms with Crippen molar-refractivity contribution in [3.63, 3.8) is 0 Å². The normalized spacial score (nSPS) is 13.0. The van der Waals surface area contributed by atoms with E-state index in [1.165, 1.54) is 53.5 Å². The van der Waals surface area contributed by atoms with Gasteiger partial charge in [-0.1, -0.05) is 118 Å². The second-order valence-corrected chi connectivity index (χ2v) is 11.1. The van der Waals surface area contributed by atoms with Gasteiger partial charge in [-0.05, 0) is 56.5 Å². The van der Waals surface area contributed by atoms with Gasteiger partial charge in [0.2, 0.25) is 0 Å². The Labute approximate surface area is 174 Å². The van der Waals surface area contributed by atoms with Crippen LogP contribution < -0.4 is 0 Å². The maximum Gasteiger partial charge on any atom is -0.0104 e. The molecule has 0 saturated carbocycles. The molecule has 2 aromatic rings. The number of benzene rings is 2. The summed E-state index contributed by atoms with van der Waals surface area (Å²) in [4.78, 5) is 0. The molecule has 153 valence electrons. The molecule has 0 aliphatic carbocycles. The minimum Gasteiger partial charge on any atom is -0.0654 e. The molecule has 0 aromatic heterocycles. The molecule has 0 saturated heterocycles. The average Bonchev–Trinajstić information content (AvgIpc) is 2.60. The Morgan fingerprint density at radius 3 is 1.86 bits per heavy atom. The van der Waals surface area contributed by atoms with Crippen molar-refractivity contribution < 1.29 is 0 Å².